The molecule has 2 aromatic rings. The van der Waals surface area contributed by atoms with Crippen LogP contribution in [0.15, 0.2) is 42.5 Å². The summed E-state index contributed by atoms with van der Waals surface area (Å²) in [6.45, 7) is 5.49. The summed E-state index contributed by atoms with van der Waals surface area (Å²) < 4.78 is 26.0. The summed E-state index contributed by atoms with van der Waals surface area (Å²) in [4.78, 5) is 27.4. The third-order valence-corrected chi connectivity index (χ3v) is 6.93. The van der Waals surface area contributed by atoms with Crippen molar-refractivity contribution in [2.45, 2.75) is 39.8 Å². The Balaban J connectivity index is 2.38. The van der Waals surface area contributed by atoms with Gasteiger partial charge in [-0.3, -0.25) is 13.9 Å². The number of anilines is 1. The summed E-state index contributed by atoms with van der Waals surface area (Å²) in [5, 5.41) is 3.47. The Bertz CT molecular complexity index is 1090. The normalized spacial score (nSPS) is 12.2. The van der Waals surface area contributed by atoms with Gasteiger partial charge in [0.15, 0.2) is 0 Å². The molecule has 0 saturated carbocycles. The Morgan fingerprint density at radius 1 is 1.06 bits per heavy atom. The van der Waals surface area contributed by atoms with Gasteiger partial charge in [-0.1, -0.05) is 53.9 Å². The molecule has 1 N–H and O–H groups in total. The molecule has 0 aliphatic rings. The fourth-order valence-electron chi connectivity index (χ4n) is 3.14. The lowest BCUT2D eigenvalue weighted by atomic mass is 10.1. The van der Waals surface area contributed by atoms with Crippen molar-refractivity contribution in [1.82, 2.24) is 10.2 Å². The first-order chi connectivity index (χ1) is 15.4. The van der Waals surface area contributed by atoms with Crippen LogP contribution in [-0.2, 0) is 26.2 Å². The van der Waals surface area contributed by atoms with Crippen molar-refractivity contribution >= 4 is 50.7 Å². The van der Waals surface area contributed by atoms with Crippen LogP contribution in [0.3, 0.4) is 0 Å². The highest BCUT2D eigenvalue weighted by Crippen LogP contribution is 2.24. The van der Waals surface area contributed by atoms with Gasteiger partial charge in [-0.15, -0.1) is 0 Å². The van der Waals surface area contributed by atoms with E-state index in [2.05, 4.69) is 5.32 Å². The second kappa shape index (κ2) is 11.7. The largest absolute Gasteiger partial charge is 0.354 e. The quantitative estimate of drug-likeness (QED) is 0.519. The monoisotopic (exact) mass is 513 g/mol. The van der Waals surface area contributed by atoms with Gasteiger partial charge in [0.05, 0.1) is 22.0 Å². The Hall–Kier alpha value is -2.29. The van der Waals surface area contributed by atoms with Crippen molar-refractivity contribution in [2.24, 2.45) is 0 Å². The minimum atomic E-state index is -3.76. The molecule has 2 amide bonds. The van der Waals surface area contributed by atoms with Gasteiger partial charge >= 0.3 is 0 Å². The topological polar surface area (TPSA) is 86.8 Å². The molecule has 0 saturated heterocycles. The molecule has 7 nitrogen and oxygen atoms in total. The number of rotatable bonds is 10. The van der Waals surface area contributed by atoms with Gasteiger partial charge in [0.1, 0.15) is 12.6 Å². The van der Waals surface area contributed by atoms with E-state index in [-0.39, 0.29) is 12.5 Å². The third kappa shape index (κ3) is 7.62. The minimum Gasteiger partial charge on any atom is -0.354 e. The highest BCUT2D eigenvalue weighted by molar-refractivity contribution is 7.92. The molecule has 0 aliphatic carbocycles. The summed E-state index contributed by atoms with van der Waals surface area (Å²) in [5.41, 5.74) is 1.99. The van der Waals surface area contributed by atoms with Crippen LogP contribution in [0.5, 0.6) is 0 Å². The van der Waals surface area contributed by atoms with Crippen molar-refractivity contribution in [2.75, 3.05) is 23.7 Å². The summed E-state index contributed by atoms with van der Waals surface area (Å²) in [6, 6.07) is 10.9. The van der Waals surface area contributed by atoms with Gasteiger partial charge in [-0.2, -0.15) is 0 Å². The van der Waals surface area contributed by atoms with Crippen LogP contribution in [0.1, 0.15) is 31.4 Å². The van der Waals surface area contributed by atoms with Gasteiger partial charge in [0.25, 0.3) is 0 Å². The molecule has 1 unspecified atom stereocenters. The zero-order valence-electron chi connectivity index (χ0n) is 19.1. The van der Waals surface area contributed by atoms with Crippen LogP contribution in [0, 0.1) is 6.92 Å². The van der Waals surface area contributed by atoms with Gasteiger partial charge in [-0.05, 0) is 50.1 Å². The maximum Gasteiger partial charge on any atom is 0.244 e. The SMILES string of the molecule is CCCNC(=O)C(C)N(Cc1ccc(Cl)c(Cl)c1)C(=O)CN(c1ccc(C)cc1)S(C)(=O)=O. The Kier molecular flexibility index (Phi) is 9.57. The Labute approximate surface area is 205 Å². The molecule has 2 aromatic carbocycles. The van der Waals surface area contributed by atoms with Crippen LogP contribution in [0.25, 0.3) is 0 Å². The maximum absolute atomic E-state index is 13.4. The Morgan fingerprint density at radius 3 is 2.24 bits per heavy atom. The fourth-order valence-corrected chi connectivity index (χ4v) is 4.31. The lowest BCUT2D eigenvalue weighted by molar-refractivity contribution is -0.139. The first-order valence-electron chi connectivity index (χ1n) is 10.5. The van der Waals surface area contributed by atoms with Gasteiger partial charge in [-0.25, -0.2) is 8.42 Å². The van der Waals surface area contributed by atoms with E-state index in [0.29, 0.717) is 27.8 Å². The predicted octanol–water partition coefficient (Wildman–Crippen LogP) is 4.01. The predicted molar refractivity (Wildman–Crippen MR) is 133 cm³/mol. The number of hydrogen-bond acceptors (Lipinski definition) is 4. The highest BCUT2D eigenvalue weighted by Gasteiger charge is 2.30. The molecule has 0 heterocycles. The number of nitrogens with zero attached hydrogens (tertiary/aromatic N) is 2. The number of halogens is 2. The van der Waals surface area contributed by atoms with Crippen LogP contribution >= 0.6 is 23.2 Å². The average Bonchev–Trinajstić information content (AvgIpc) is 2.75. The van der Waals surface area contributed by atoms with E-state index in [1.165, 1.54) is 4.90 Å². The van der Waals surface area contributed by atoms with Crippen LogP contribution in [0.2, 0.25) is 10.0 Å². The molecule has 2 rings (SSSR count). The lowest BCUT2D eigenvalue weighted by Crippen LogP contribution is -2.51. The summed E-state index contributed by atoms with van der Waals surface area (Å²) in [6.07, 6.45) is 1.79. The molecule has 0 bridgehead atoms. The van der Waals surface area contributed by atoms with Gasteiger partial charge in [0.2, 0.25) is 21.8 Å². The molecule has 33 heavy (non-hydrogen) atoms. The molecule has 0 radical (unpaired) electrons. The van der Waals surface area contributed by atoms with Crippen molar-refractivity contribution in [3.05, 3.63) is 63.6 Å². The number of benzene rings is 2. The zero-order chi connectivity index (χ0) is 24.8. The average molecular weight is 514 g/mol. The third-order valence-electron chi connectivity index (χ3n) is 5.05. The van der Waals surface area contributed by atoms with E-state index < -0.39 is 28.5 Å². The second-order valence-electron chi connectivity index (χ2n) is 7.84. The first kappa shape index (κ1) is 27.0. The van der Waals surface area contributed by atoms with Gasteiger partial charge < -0.3 is 10.2 Å². The smallest absolute Gasteiger partial charge is 0.244 e. The number of amides is 2. The van der Waals surface area contributed by atoms with E-state index in [1.807, 2.05) is 13.8 Å². The Morgan fingerprint density at radius 2 is 1.70 bits per heavy atom. The number of carbonyl (C=O) groups is 2. The molecule has 0 aliphatic heterocycles. The number of sulfonamides is 1. The molecule has 10 heteroatoms. The van der Waals surface area contributed by atoms with Gasteiger partial charge in [0, 0.05) is 13.1 Å². The maximum atomic E-state index is 13.4. The van der Waals surface area contributed by atoms with E-state index >= 15 is 0 Å². The standard InChI is InChI=1S/C23H29Cl2N3O4S/c1-5-12-26-23(30)17(3)27(14-18-8-11-20(24)21(25)13-18)22(29)15-28(33(4,31)32)19-9-6-16(2)7-10-19/h6-11,13,17H,5,12,14-15H2,1-4H3,(H,26,30). The second-order valence-corrected chi connectivity index (χ2v) is 10.6. The molecule has 1 atom stereocenters. The van der Waals surface area contributed by atoms with Crippen molar-refractivity contribution in [3.63, 3.8) is 0 Å². The summed E-state index contributed by atoms with van der Waals surface area (Å²) in [7, 11) is -3.76. The number of hydrogen-bond donors (Lipinski definition) is 1. The van der Waals surface area contributed by atoms with Crippen molar-refractivity contribution in [3.8, 4) is 0 Å². The van der Waals surface area contributed by atoms with E-state index in [0.717, 1.165) is 22.5 Å². The fraction of sp³-hybridized carbons (Fsp3) is 0.391. The molecule has 0 spiro atoms. The molecule has 0 aromatic heterocycles. The van der Waals surface area contributed by atoms with Crippen molar-refractivity contribution < 1.29 is 18.0 Å². The van der Waals surface area contributed by atoms with Crippen LogP contribution < -0.4 is 9.62 Å². The molecule has 180 valence electrons. The summed E-state index contributed by atoms with van der Waals surface area (Å²) >= 11 is 12.1. The van der Waals surface area contributed by atoms with Crippen LogP contribution in [-0.4, -0.2) is 50.5 Å². The minimum absolute atomic E-state index is 0.0575. The van der Waals surface area contributed by atoms with E-state index in [9.17, 15) is 18.0 Å². The van der Waals surface area contributed by atoms with Crippen molar-refractivity contribution in [1.29, 1.82) is 0 Å². The first-order valence-corrected chi connectivity index (χ1v) is 13.1. The number of aryl methyl sites for hydroxylation is 1. The molecular weight excluding hydrogens is 485 g/mol. The highest BCUT2D eigenvalue weighted by atomic mass is 35.5. The lowest BCUT2D eigenvalue weighted by Gasteiger charge is -2.31. The number of nitrogens with one attached hydrogen (secondary N) is 1. The van der Waals surface area contributed by atoms with E-state index in [1.54, 1.807) is 49.4 Å². The molecule has 0 fully saturated rings. The summed E-state index contributed by atoms with van der Waals surface area (Å²) in [5.74, 6) is -0.849. The molecular formula is C23H29Cl2N3O4S. The number of carbonyl (C=O) groups excluding carboxylic acids is 2. The van der Waals surface area contributed by atoms with Crippen LogP contribution in [0.4, 0.5) is 5.69 Å². The van der Waals surface area contributed by atoms with E-state index in [4.69, 9.17) is 23.2 Å². The zero-order valence-corrected chi connectivity index (χ0v) is 21.5.